The lowest BCUT2D eigenvalue weighted by molar-refractivity contribution is 0.0971. The third-order valence-corrected chi connectivity index (χ3v) is 1.33. The summed E-state index contributed by atoms with van der Waals surface area (Å²) in [7, 11) is 1.68. The monoisotopic (exact) mass is 154 g/mol. The molecule has 1 rings (SSSR count). The van der Waals surface area contributed by atoms with E-state index in [9.17, 15) is 4.79 Å². The maximum absolute atomic E-state index is 11.1. The minimum absolute atomic E-state index is 0.0625. The minimum Gasteiger partial charge on any atom is -0.330 e. The molecule has 1 aromatic rings. The van der Waals surface area contributed by atoms with Crippen LogP contribution < -0.4 is 5.73 Å². The maximum Gasteiger partial charge on any atom is 0.201 e. The number of carbonyl (C=O) groups is 1. The van der Waals surface area contributed by atoms with Gasteiger partial charge in [0, 0.05) is 13.5 Å². The van der Waals surface area contributed by atoms with Crippen LogP contribution in [0.3, 0.4) is 0 Å². The third-order valence-electron chi connectivity index (χ3n) is 1.33. The second kappa shape index (κ2) is 3.25. The Bertz CT molecular complexity index is 255. The summed E-state index contributed by atoms with van der Waals surface area (Å²) in [5, 5.41) is 3.76. The molecule has 2 N–H and O–H groups in total. The van der Waals surface area contributed by atoms with Crippen LogP contribution in [0.1, 0.15) is 17.0 Å². The van der Waals surface area contributed by atoms with Gasteiger partial charge in [-0.2, -0.15) is 5.10 Å². The number of Topliss-reactive ketones (excluding diaryl/α,β-unsaturated/α-hetero) is 1. The Labute approximate surface area is 64.2 Å². The lowest BCUT2D eigenvalue weighted by Gasteiger charge is -1.95. The van der Waals surface area contributed by atoms with Gasteiger partial charge in [0.25, 0.3) is 0 Å². The van der Waals surface area contributed by atoms with Crippen molar-refractivity contribution in [2.24, 2.45) is 12.8 Å². The highest BCUT2D eigenvalue weighted by Crippen LogP contribution is 1.95. The number of rotatable bonds is 3. The van der Waals surface area contributed by atoms with Crippen LogP contribution in [0.15, 0.2) is 6.33 Å². The molecule has 0 aromatic carbocycles. The van der Waals surface area contributed by atoms with Crippen molar-refractivity contribution in [1.29, 1.82) is 0 Å². The smallest absolute Gasteiger partial charge is 0.201 e. The Hall–Kier alpha value is -1.23. The molecular formula is C6H10N4O. The fraction of sp³-hybridized carbons (Fsp3) is 0.500. The van der Waals surface area contributed by atoms with E-state index in [1.807, 2.05) is 0 Å². The van der Waals surface area contributed by atoms with Crippen LogP contribution >= 0.6 is 0 Å². The molecule has 0 spiro atoms. The fourth-order valence-corrected chi connectivity index (χ4v) is 0.792. The molecule has 5 nitrogen and oxygen atoms in total. The number of aryl methyl sites for hydroxylation is 1. The first kappa shape index (κ1) is 7.87. The Morgan fingerprint density at radius 1 is 1.82 bits per heavy atom. The highest BCUT2D eigenvalue weighted by atomic mass is 16.1. The first-order chi connectivity index (χ1) is 5.25. The van der Waals surface area contributed by atoms with E-state index in [-0.39, 0.29) is 5.78 Å². The van der Waals surface area contributed by atoms with E-state index in [1.165, 1.54) is 11.0 Å². The van der Waals surface area contributed by atoms with Crippen molar-refractivity contribution in [3.63, 3.8) is 0 Å². The molecule has 60 valence electrons. The summed E-state index contributed by atoms with van der Waals surface area (Å²) in [6, 6.07) is 0. The van der Waals surface area contributed by atoms with Gasteiger partial charge in [-0.3, -0.25) is 4.79 Å². The van der Waals surface area contributed by atoms with Gasteiger partial charge in [-0.25, -0.2) is 9.67 Å². The van der Waals surface area contributed by atoms with Crippen molar-refractivity contribution < 1.29 is 4.79 Å². The lowest BCUT2D eigenvalue weighted by Crippen LogP contribution is -2.13. The van der Waals surface area contributed by atoms with Gasteiger partial charge in [-0.1, -0.05) is 0 Å². The number of hydrogen-bond acceptors (Lipinski definition) is 4. The molecule has 0 saturated heterocycles. The molecule has 0 saturated carbocycles. The zero-order valence-corrected chi connectivity index (χ0v) is 6.32. The number of carbonyl (C=O) groups excluding carboxylic acids is 1. The van der Waals surface area contributed by atoms with Gasteiger partial charge in [0.1, 0.15) is 6.33 Å². The summed E-state index contributed by atoms with van der Waals surface area (Å²) in [5.41, 5.74) is 5.21. The Morgan fingerprint density at radius 2 is 2.55 bits per heavy atom. The van der Waals surface area contributed by atoms with Gasteiger partial charge in [-0.15, -0.1) is 0 Å². The second-order valence-electron chi connectivity index (χ2n) is 2.17. The van der Waals surface area contributed by atoms with Gasteiger partial charge in [0.05, 0.1) is 0 Å². The third kappa shape index (κ3) is 1.62. The molecule has 0 atom stereocenters. The van der Waals surface area contributed by atoms with E-state index in [4.69, 9.17) is 5.73 Å². The van der Waals surface area contributed by atoms with Crippen LogP contribution in [-0.2, 0) is 7.05 Å². The van der Waals surface area contributed by atoms with Crippen molar-refractivity contribution in [1.82, 2.24) is 14.8 Å². The quantitative estimate of drug-likeness (QED) is 0.587. The van der Waals surface area contributed by atoms with E-state index < -0.39 is 0 Å². The summed E-state index contributed by atoms with van der Waals surface area (Å²) in [6.07, 6.45) is 1.68. The van der Waals surface area contributed by atoms with E-state index in [2.05, 4.69) is 10.1 Å². The highest BCUT2D eigenvalue weighted by Gasteiger charge is 2.09. The predicted molar refractivity (Wildman–Crippen MR) is 39.0 cm³/mol. The Kier molecular flexibility index (Phi) is 2.32. The Morgan fingerprint density at radius 3 is 3.00 bits per heavy atom. The zero-order chi connectivity index (χ0) is 8.27. The molecule has 0 bridgehead atoms. The summed E-state index contributed by atoms with van der Waals surface area (Å²) in [5.74, 6) is 0.308. The predicted octanol–water partition coefficient (Wildman–Crippen LogP) is -0.653. The summed E-state index contributed by atoms with van der Waals surface area (Å²) in [6.45, 7) is 0.353. The van der Waals surface area contributed by atoms with Crippen LogP contribution in [0.5, 0.6) is 0 Å². The summed E-state index contributed by atoms with van der Waals surface area (Å²) in [4.78, 5) is 14.9. The van der Waals surface area contributed by atoms with Crippen molar-refractivity contribution in [2.75, 3.05) is 6.54 Å². The average Bonchev–Trinajstić information content (AvgIpc) is 2.36. The molecule has 5 heteroatoms. The summed E-state index contributed by atoms with van der Waals surface area (Å²) >= 11 is 0. The van der Waals surface area contributed by atoms with Crippen LogP contribution in [0.25, 0.3) is 0 Å². The molecule has 0 aliphatic carbocycles. The van der Waals surface area contributed by atoms with Gasteiger partial charge in [-0.05, 0) is 6.54 Å². The second-order valence-corrected chi connectivity index (χ2v) is 2.17. The van der Waals surface area contributed by atoms with Crippen LogP contribution in [0, 0.1) is 0 Å². The molecular weight excluding hydrogens is 144 g/mol. The Balaban J connectivity index is 2.76. The van der Waals surface area contributed by atoms with Gasteiger partial charge < -0.3 is 5.73 Å². The average molecular weight is 154 g/mol. The van der Waals surface area contributed by atoms with Crippen molar-refractivity contribution >= 4 is 5.78 Å². The molecule has 0 aliphatic rings. The largest absolute Gasteiger partial charge is 0.330 e. The van der Waals surface area contributed by atoms with Crippen LogP contribution in [0.4, 0.5) is 0 Å². The number of hydrogen-bond donors (Lipinski definition) is 1. The number of nitrogens with zero attached hydrogens (tertiary/aromatic N) is 3. The van der Waals surface area contributed by atoms with Gasteiger partial charge in [0.2, 0.25) is 5.78 Å². The zero-order valence-electron chi connectivity index (χ0n) is 6.32. The number of ketones is 1. The topological polar surface area (TPSA) is 73.8 Å². The molecule has 0 radical (unpaired) electrons. The molecule has 1 heterocycles. The molecule has 0 aliphatic heterocycles. The molecule has 11 heavy (non-hydrogen) atoms. The van der Waals surface area contributed by atoms with Crippen LogP contribution in [0.2, 0.25) is 0 Å². The lowest BCUT2D eigenvalue weighted by atomic mass is 10.3. The van der Waals surface area contributed by atoms with Crippen molar-refractivity contribution in [2.45, 2.75) is 6.42 Å². The first-order valence-electron chi connectivity index (χ1n) is 3.33. The van der Waals surface area contributed by atoms with E-state index in [1.54, 1.807) is 7.05 Å². The summed E-state index contributed by atoms with van der Waals surface area (Å²) < 4.78 is 1.44. The van der Waals surface area contributed by atoms with E-state index in [0.717, 1.165) is 0 Å². The molecule has 0 amide bonds. The highest BCUT2D eigenvalue weighted by molar-refractivity contribution is 5.92. The normalized spacial score (nSPS) is 10.0. The van der Waals surface area contributed by atoms with Crippen molar-refractivity contribution in [3.8, 4) is 0 Å². The minimum atomic E-state index is -0.0625. The first-order valence-corrected chi connectivity index (χ1v) is 3.33. The standard InChI is InChI=1S/C6H10N4O/c1-10-6(8-4-9-10)5(11)2-3-7/h4H,2-3,7H2,1H3. The molecule has 0 unspecified atom stereocenters. The maximum atomic E-state index is 11.1. The van der Waals surface area contributed by atoms with Gasteiger partial charge >= 0.3 is 0 Å². The SMILES string of the molecule is Cn1ncnc1C(=O)CCN. The fourth-order valence-electron chi connectivity index (χ4n) is 0.792. The van der Waals surface area contributed by atoms with E-state index >= 15 is 0 Å². The molecule has 1 aromatic heterocycles. The van der Waals surface area contributed by atoms with Gasteiger partial charge in [0.15, 0.2) is 5.82 Å². The number of aromatic nitrogens is 3. The number of nitrogens with two attached hydrogens (primary N) is 1. The van der Waals surface area contributed by atoms with Crippen molar-refractivity contribution in [3.05, 3.63) is 12.2 Å². The van der Waals surface area contributed by atoms with E-state index in [0.29, 0.717) is 18.8 Å². The van der Waals surface area contributed by atoms with Crippen LogP contribution in [-0.4, -0.2) is 27.1 Å². The molecule has 0 fully saturated rings.